The van der Waals surface area contributed by atoms with Crippen LogP contribution in [0.1, 0.15) is 42.9 Å². The monoisotopic (exact) mass is 400 g/mol. The summed E-state index contributed by atoms with van der Waals surface area (Å²) in [5, 5.41) is 7.51. The maximum Gasteiger partial charge on any atom is 0.230 e. The van der Waals surface area contributed by atoms with Gasteiger partial charge in [-0.15, -0.1) is 0 Å². The van der Waals surface area contributed by atoms with Gasteiger partial charge in [-0.05, 0) is 67.0 Å². The van der Waals surface area contributed by atoms with Crippen LogP contribution in [-0.4, -0.2) is 44.7 Å². The van der Waals surface area contributed by atoms with Gasteiger partial charge in [0.15, 0.2) is 11.5 Å². The molecule has 1 amide bonds. The third-order valence-corrected chi connectivity index (χ3v) is 6.70. The Morgan fingerprint density at radius 1 is 1.18 bits per heavy atom. The highest BCUT2D eigenvalue weighted by molar-refractivity contribution is 7.07. The number of amides is 1. The lowest BCUT2D eigenvalue weighted by molar-refractivity contribution is -0.126. The summed E-state index contributed by atoms with van der Waals surface area (Å²) < 4.78 is 11.4. The van der Waals surface area contributed by atoms with Crippen molar-refractivity contribution in [1.82, 2.24) is 10.2 Å². The molecule has 4 rings (SSSR count). The average Bonchev–Trinajstić information content (AvgIpc) is 3.40. The number of ether oxygens (including phenoxy) is 2. The summed E-state index contributed by atoms with van der Waals surface area (Å²) >= 11 is 1.69. The van der Waals surface area contributed by atoms with Gasteiger partial charge in [-0.1, -0.05) is 18.9 Å². The molecule has 1 aliphatic heterocycles. The minimum absolute atomic E-state index is 0.128. The van der Waals surface area contributed by atoms with E-state index in [4.69, 9.17) is 9.47 Å². The number of fused-ring (bicyclic) bond motifs is 1. The van der Waals surface area contributed by atoms with E-state index in [9.17, 15) is 4.79 Å². The van der Waals surface area contributed by atoms with E-state index in [1.165, 1.54) is 5.56 Å². The summed E-state index contributed by atoms with van der Waals surface area (Å²) in [7, 11) is 4.11. The van der Waals surface area contributed by atoms with E-state index in [0.29, 0.717) is 19.8 Å². The van der Waals surface area contributed by atoms with Crippen molar-refractivity contribution < 1.29 is 14.3 Å². The molecule has 2 heterocycles. The quantitative estimate of drug-likeness (QED) is 0.802. The Labute approximate surface area is 170 Å². The highest BCUT2D eigenvalue weighted by Crippen LogP contribution is 2.44. The van der Waals surface area contributed by atoms with E-state index in [-0.39, 0.29) is 11.9 Å². The minimum atomic E-state index is -0.471. The minimum Gasteiger partial charge on any atom is -0.486 e. The Balaban J connectivity index is 1.55. The lowest BCUT2D eigenvalue weighted by Gasteiger charge is -2.31. The molecule has 1 aliphatic carbocycles. The predicted molar refractivity (Wildman–Crippen MR) is 111 cm³/mol. The number of hydrogen-bond acceptors (Lipinski definition) is 5. The van der Waals surface area contributed by atoms with E-state index in [2.05, 4.69) is 41.1 Å². The first kappa shape index (κ1) is 19.3. The van der Waals surface area contributed by atoms with Crippen LogP contribution in [-0.2, 0) is 10.2 Å². The van der Waals surface area contributed by atoms with Gasteiger partial charge in [0.2, 0.25) is 5.91 Å². The Kier molecular flexibility index (Phi) is 5.60. The zero-order valence-electron chi connectivity index (χ0n) is 16.6. The van der Waals surface area contributed by atoms with Gasteiger partial charge < -0.3 is 19.7 Å². The Bertz CT molecular complexity index is 813. The van der Waals surface area contributed by atoms with E-state index in [1.54, 1.807) is 11.3 Å². The van der Waals surface area contributed by atoms with Crippen LogP contribution in [0.15, 0.2) is 35.0 Å². The summed E-state index contributed by atoms with van der Waals surface area (Å²) in [6, 6.07) is 8.32. The van der Waals surface area contributed by atoms with Crippen molar-refractivity contribution in [3.8, 4) is 11.5 Å². The van der Waals surface area contributed by atoms with Gasteiger partial charge in [0, 0.05) is 6.54 Å². The van der Waals surface area contributed by atoms with Crippen molar-refractivity contribution >= 4 is 17.2 Å². The van der Waals surface area contributed by atoms with Crippen LogP contribution in [0.5, 0.6) is 11.5 Å². The van der Waals surface area contributed by atoms with Crippen molar-refractivity contribution in [1.29, 1.82) is 0 Å². The molecular formula is C22H28N2O3S. The number of carbonyl (C=O) groups excluding carboxylic acids is 1. The maximum atomic E-state index is 13.4. The first-order valence-corrected chi connectivity index (χ1v) is 10.9. The van der Waals surface area contributed by atoms with Gasteiger partial charge in [0.1, 0.15) is 13.2 Å². The van der Waals surface area contributed by atoms with Crippen molar-refractivity contribution in [3.63, 3.8) is 0 Å². The molecule has 5 nitrogen and oxygen atoms in total. The smallest absolute Gasteiger partial charge is 0.230 e. The first-order chi connectivity index (χ1) is 13.6. The second-order valence-corrected chi connectivity index (χ2v) is 8.67. The van der Waals surface area contributed by atoms with Crippen LogP contribution in [0.4, 0.5) is 0 Å². The number of likely N-dealkylation sites (N-methyl/N-ethyl adjacent to an activating group) is 1. The molecule has 1 atom stereocenters. The number of nitrogens with one attached hydrogen (secondary N) is 1. The van der Waals surface area contributed by atoms with E-state index >= 15 is 0 Å². The Morgan fingerprint density at radius 2 is 1.93 bits per heavy atom. The van der Waals surface area contributed by atoms with Crippen molar-refractivity contribution in [2.75, 3.05) is 33.9 Å². The van der Waals surface area contributed by atoms with Crippen LogP contribution in [0, 0.1) is 0 Å². The molecular weight excluding hydrogens is 372 g/mol. The van der Waals surface area contributed by atoms with Gasteiger partial charge in [-0.2, -0.15) is 11.3 Å². The average molecular weight is 401 g/mol. The molecule has 0 bridgehead atoms. The number of hydrogen-bond donors (Lipinski definition) is 1. The lowest BCUT2D eigenvalue weighted by atomic mass is 9.77. The molecule has 28 heavy (non-hydrogen) atoms. The first-order valence-electron chi connectivity index (χ1n) is 9.97. The third kappa shape index (κ3) is 3.63. The number of thiophene rings is 1. The van der Waals surface area contributed by atoms with Gasteiger partial charge in [0.25, 0.3) is 0 Å². The molecule has 0 radical (unpaired) electrons. The molecule has 0 saturated heterocycles. The number of nitrogens with zero attached hydrogens (tertiary/aromatic N) is 1. The zero-order valence-corrected chi connectivity index (χ0v) is 17.4. The van der Waals surface area contributed by atoms with Gasteiger partial charge >= 0.3 is 0 Å². The second kappa shape index (κ2) is 8.13. The fraction of sp³-hybridized carbons (Fsp3) is 0.500. The molecule has 150 valence electrons. The van der Waals surface area contributed by atoms with E-state index in [1.807, 2.05) is 18.2 Å². The van der Waals surface area contributed by atoms with Crippen molar-refractivity contribution in [2.45, 2.75) is 37.1 Å². The third-order valence-electron chi connectivity index (χ3n) is 5.99. The van der Waals surface area contributed by atoms with E-state index < -0.39 is 5.41 Å². The fourth-order valence-electron chi connectivity index (χ4n) is 4.39. The molecule has 1 aromatic heterocycles. The second-order valence-electron chi connectivity index (χ2n) is 7.89. The highest BCUT2D eigenvalue weighted by atomic mass is 32.1. The van der Waals surface area contributed by atoms with Gasteiger partial charge in [-0.25, -0.2) is 0 Å². The van der Waals surface area contributed by atoms with Crippen LogP contribution < -0.4 is 14.8 Å². The predicted octanol–water partition coefficient (Wildman–Crippen LogP) is 3.75. The van der Waals surface area contributed by atoms with Crippen LogP contribution >= 0.6 is 11.3 Å². The molecule has 1 unspecified atom stereocenters. The Morgan fingerprint density at radius 3 is 2.61 bits per heavy atom. The van der Waals surface area contributed by atoms with Crippen LogP contribution in [0.25, 0.3) is 0 Å². The molecule has 2 aromatic rings. The molecule has 2 aliphatic rings. The normalized spacial score (nSPS) is 18.8. The van der Waals surface area contributed by atoms with Crippen molar-refractivity contribution in [3.05, 3.63) is 46.2 Å². The fourth-order valence-corrected chi connectivity index (χ4v) is 5.10. The number of carbonyl (C=O) groups is 1. The summed E-state index contributed by atoms with van der Waals surface area (Å²) in [4.78, 5) is 15.6. The molecule has 0 spiro atoms. The van der Waals surface area contributed by atoms with Crippen molar-refractivity contribution in [2.24, 2.45) is 0 Å². The highest BCUT2D eigenvalue weighted by Gasteiger charge is 2.43. The SMILES string of the molecule is CN(C)C(CNC(=O)C1(c2ccc3c(c2)OCCO3)CCCC1)c1ccsc1. The molecule has 1 saturated carbocycles. The standard InChI is InChI=1S/C22H28N2O3S/c1-24(2)18(16-7-12-28-15-16)14-23-21(25)22(8-3-4-9-22)17-5-6-19-20(13-17)27-11-10-26-19/h5-7,12-13,15,18H,3-4,8-11,14H2,1-2H3,(H,23,25). The van der Waals surface area contributed by atoms with Crippen LogP contribution in [0.3, 0.4) is 0 Å². The molecule has 1 aromatic carbocycles. The Hall–Kier alpha value is -2.05. The van der Waals surface area contributed by atoms with Crippen LogP contribution in [0.2, 0.25) is 0 Å². The molecule has 1 N–H and O–H groups in total. The zero-order chi connectivity index (χ0) is 19.6. The number of benzene rings is 1. The van der Waals surface area contributed by atoms with E-state index in [0.717, 1.165) is 42.7 Å². The van der Waals surface area contributed by atoms with Gasteiger partial charge in [-0.3, -0.25) is 4.79 Å². The summed E-state index contributed by atoms with van der Waals surface area (Å²) in [6.45, 7) is 1.74. The maximum absolute atomic E-state index is 13.4. The number of rotatable bonds is 6. The summed E-state index contributed by atoms with van der Waals surface area (Å²) in [5.74, 6) is 1.66. The molecule has 6 heteroatoms. The largest absolute Gasteiger partial charge is 0.486 e. The molecule has 1 fully saturated rings. The lowest BCUT2D eigenvalue weighted by Crippen LogP contribution is -2.45. The van der Waals surface area contributed by atoms with Gasteiger partial charge in [0.05, 0.1) is 11.5 Å². The topological polar surface area (TPSA) is 50.8 Å². The summed E-state index contributed by atoms with van der Waals surface area (Å²) in [5.41, 5.74) is 1.82. The summed E-state index contributed by atoms with van der Waals surface area (Å²) in [6.07, 6.45) is 3.90.